The third kappa shape index (κ3) is 6.05. The molecule has 1 rings (SSSR count). The Kier molecular flexibility index (Phi) is 6.10. The minimum absolute atomic E-state index is 0.0348. The summed E-state index contributed by atoms with van der Waals surface area (Å²) >= 11 is 1.98. The van der Waals surface area contributed by atoms with Crippen LogP contribution in [0.2, 0.25) is 0 Å². The summed E-state index contributed by atoms with van der Waals surface area (Å²) in [4.78, 5) is 16.5. The Morgan fingerprint density at radius 2 is 2.13 bits per heavy atom. The second-order valence-corrected chi connectivity index (χ2v) is 5.71. The van der Waals surface area contributed by atoms with Crippen LogP contribution >= 0.6 is 11.8 Å². The zero-order valence-electron chi connectivity index (χ0n) is 9.62. The molecule has 1 amide bonds. The second-order valence-electron chi connectivity index (χ2n) is 4.49. The molecule has 1 fully saturated rings. The van der Waals surface area contributed by atoms with E-state index in [0.29, 0.717) is 24.9 Å². The lowest BCUT2D eigenvalue weighted by atomic mass is 9.99. The van der Waals surface area contributed by atoms with Gasteiger partial charge in [0.05, 0.1) is 6.61 Å². The van der Waals surface area contributed by atoms with Crippen LogP contribution in [0.15, 0.2) is 0 Å². The summed E-state index contributed by atoms with van der Waals surface area (Å²) in [6, 6.07) is 0. The van der Waals surface area contributed by atoms with Crippen LogP contribution in [0, 0.1) is 11.8 Å². The molecule has 0 radical (unpaired) electrons. The second kappa shape index (κ2) is 7.12. The van der Waals surface area contributed by atoms with Crippen molar-refractivity contribution in [3.8, 4) is 0 Å². The number of hydroxylamine groups is 1. The first kappa shape index (κ1) is 12.8. The normalized spacial score (nSPS) is 18.1. The first-order valence-electron chi connectivity index (χ1n) is 5.67. The molecule has 0 aliphatic carbocycles. The van der Waals surface area contributed by atoms with E-state index in [9.17, 15) is 4.79 Å². The Morgan fingerprint density at radius 3 is 2.73 bits per heavy atom. The summed E-state index contributed by atoms with van der Waals surface area (Å²) in [5, 5.41) is 0. The van der Waals surface area contributed by atoms with Crippen LogP contribution in [0.25, 0.3) is 0 Å². The molecule has 1 heterocycles. The summed E-state index contributed by atoms with van der Waals surface area (Å²) in [7, 11) is 0. The van der Waals surface area contributed by atoms with Crippen LogP contribution in [0.3, 0.4) is 0 Å². The zero-order valence-corrected chi connectivity index (χ0v) is 10.4. The highest BCUT2D eigenvalue weighted by Crippen LogP contribution is 2.24. The van der Waals surface area contributed by atoms with Gasteiger partial charge >= 0.3 is 0 Å². The fourth-order valence-corrected chi connectivity index (χ4v) is 2.75. The highest BCUT2D eigenvalue weighted by Gasteiger charge is 2.17. The van der Waals surface area contributed by atoms with Crippen molar-refractivity contribution in [2.45, 2.75) is 33.1 Å². The Balaban J connectivity index is 2.06. The number of hydrogen-bond donors (Lipinski definition) is 1. The van der Waals surface area contributed by atoms with Gasteiger partial charge in [0, 0.05) is 6.42 Å². The van der Waals surface area contributed by atoms with Crippen molar-refractivity contribution in [1.29, 1.82) is 0 Å². The number of amides is 1. The van der Waals surface area contributed by atoms with Crippen LogP contribution in [-0.2, 0) is 9.63 Å². The molecule has 1 aliphatic rings. The third-order valence-corrected chi connectivity index (χ3v) is 3.47. The summed E-state index contributed by atoms with van der Waals surface area (Å²) in [5.74, 6) is 3.45. The Morgan fingerprint density at radius 1 is 1.47 bits per heavy atom. The molecule has 1 saturated heterocycles. The smallest absolute Gasteiger partial charge is 0.243 e. The van der Waals surface area contributed by atoms with Gasteiger partial charge in [-0.2, -0.15) is 11.8 Å². The maximum atomic E-state index is 11.4. The highest BCUT2D eigenvalue weighted by molar-refractivity contribution is 7.99. The van der Waals surface area contributed by atoms with Gasteiger partial charge in [-0.25, -0.2) is 5.48 Å². The van der Waals surface area contributed by atoms with E-state index in [-0.39, 0.29) is 5.91 Å². The first-order chi connectivity index (χ1) is 7.18. The molecule has 88 valence electrons. The van der Waals surface area contributed by atoms with E-state index < -0.39 is 0 Å². The number of thioether (sulfide) groups is 1. The van der Waals surface area contributed by atoms with Crippen LogP contribution in [0.1, 0.15) is 33.1 Å². The predicted octanol–water partition coefficient (Wildman–Crippen LogP) is 2.22. The Labute approximate surface area is 96.3 Å². The van der Waals surface area contributed by atoms with E-state index in [1.54, 1.807) is 0 Å². The zero-order chi connectivity index (χ0) is 11.1. The lowest BCUT2D eigenvalue weighted by Crippen LogP contribution is -2.28. The molecule has 0 aromatic rings. The lowest BCUT2D eigenvalue weighted by Gasteiger charge is -2.20. The van der Waals surface area contributed by atoms with Crippen molar-refractivity contribution in [2.24, 2.45) is 11.8 Å². The number of rotatable bonds is 5. The average Bonchev–Trinajstić information content (AvgIpc) is 2.18. The standard InChI is InChI=1S/C11H21NO2S/c1-9(2)8-14-12-11(13)7-10-3-5-15-6-4-10/h9-10H,3-8H2,1-2H3,(H,12,13). The quantitative estimate of drug-likeness (QED) is 0.737. The molecular weight excluding hydrogens is 210 g/mol. The third-order valence-electron chi connectivity index (χ3n) is 2.42. The maximum Gasteiger partial charge on any atom is 0.243 e. The first-order valence-corrected chi connectivity index (χ1v) is 6.82. The van der Waals surface area contributed by atoms with E-state index in [0.717, 1.165) is 0 Å². The van der Waals surface area contributed by atoms with Gasteiger partial charge in [0.15, 0.2) is 0 Å². The van der Waals surface area contributed by atoms with Crippen molar-refractivity contribution in [2.75, 3.05) is 18.1 Å². The van der Waals surface area contributed by atoms with Crippen molar-refractivity contribution < 1.29 is 9.63 Å². The van der Waals surface area contributed by atoms with E-state index in [4.69, 9.17) is 4.84 Å². The molecule has 4 heteroatoms. The summed E-state index contributed by atoms with van der Waals surface area (Å²) in [6.45, 7) is 4.71. The molecule has 1 aliphatic heterocycles. The summed E-state index contributed by atoms with van der Waals surface area (Å²) < 4.78 is 0. The van der Waals surface area contributed by atoms with Crippen LogP contribution in [-0.4, -0.2) is 24.0 Å². The topological polar surface area (TPSA) is 38.3 Å². The molecule has 0 spiro atoms. The average molecular weight is 231 g/mol. The minimum atomic E-state index is 0.0348. The van der Waals surface area contributed by atoms with Gasteiger partial charge in [-0.15, -0.1) is 0 Å². The fourth-order valence-electron chi connectivity index (χ4n) is 1.54. The molecule has 0 unspecified atom stereocenters. The molecule has 0 aromatic carbocycles. The number of nitrogens with one attached hydrogen (secondary N) is 1. The van der Waals surface area contributed by atoms with Crippen molar-refractivity contribution >= 4 is 17.7 Å². The van der Waals surface area contributed by atoms with E-state index in [1.807, 2.05) is 11.8 Å². The van der Waals surface area contributed by atoms with Gasteiger partial charge in [0.2, 0.25) is 5.91 Å². The van der Waals surface area contributed by atoms with Gasteiger partial charge in [-0.05, 0) is 36.2 Å². The van der Waals surface area contributed by atoms with Crippen molar-refractivity contribution in [1.82, 2.24) is 5.48 Å². The van der Waals surface area contributed by atoms with Crippen LogP contribution < -0.4 is 5.48 Å². The Bertz CT molecular complexity index is 191. The van der Waals surface area contributed by atoms with Gasteiger partial charge < -0.3 is 0 Å². The molecule has 0 bridgehead atoms. The number of carbonyl (C=O) groups excluding carboxylic acids is 1. The van der Waals surface area contributed by atoms with Gasteiger partial charge in [-0.3, -0.25) is 9.63 Å². The summed E-state index contributed by atoms with van der Waals surface area (Å²) in [5.41, 5.74) is 2.52. The molecule has 3 nitrogen and oxygen atoms in total. The fraction of sp³-hybridized carbons (Fsp3) is 0.909. The highest BCUT2D eigenvalue weighted by atomic mass is 32.2. The van der Waals surface area contributed by atoms with Crippen molar-refractivity contribution in [3.63, 3.8) is 0 Å². The lowest BCUT2D eigenvalue weighted by molar-refractivity contribution is -0.135. The summed E-state index contributed by atoms with van der Waals surface area (Å²) in [6.07, 6.45) is 2.96. The Hall–Kier alpha value is -0.220. The maximum absolute atomic E-state index is 11.4. The molecule has 15 heavy (non-hydrogen) atoms. The molecular formula is C11H21NO2S. The van der Waals surface area contributed by atoms with E-state index in [1.165, 1.54) is 24.3 Å². The SMILES string of the molecule is CC(C)CONC(=O)CC1CCSCC1. The predicted molar refractivity (Wildman–Crippen MR) is 63.6 cm³/mol. The molecule has 0 saturated carbocycles. The van der Waals surface area contributed by atoms with E-state index in [2.05, 4.69) is 19.3 Å². The van der Waals surface area contributed by atoms with Crippen LogP contribution in [0.4, 0.5) is 0 Å². The van der Waals surface area contributed by atoms with Gasteiger partial charge in [0.1, 0.15) is 0 Å². The minimum Gasteiger partial charge on any atom is -0.273 e. The molecule has 0 aromatic heterocycles. The van der Waals surface area contributed by atoms with Crippen molar-refractivity contribution in [3.05, 3.63) is 0 Å². The monoisotopic (exact) mass is 231 g/mol. The largest absolute Gasteiger partial charge is 0.273 e. The molecule has 0 atom stereocenters. The van der Waals surface area contributed by atoms with Gasteiger partial charge in [-0.1, -0.05) is 13.8 Å². The van der Waals surface area contributed by atoms with Crippen LogP contribution in [0.5, 0.6) is 0 Å². The number of carbonyl (C=O) groups is 1. The van der Waals surface area contributed by atoms with E-state index >= 15 is 0 Å². The molecule has 1 N–H and O–H groups in total. The number of hydrogen-bond acceptors (Lipinski definition) is 3. The van der Waals surface area contributed by atoms with Gasteiger partial charge in [0.25, 0.3) is 0 Å².